The fourth-order valence-corrected chi connectivity index (χ4v) is 5.09. The van der Waals surface area contributed by atoms with Crippen molar-refractivity contribution in [1.29, 1.82) is 0 Å². The van der Waals surface area contributed by atoms with Crippen molar-refractivity contribution in [2.24, 2.45) is 0 Å². The molecule has 0 saturated heterocycles. The number of carboxylic acids is 1. The van der Waals surface area contributed by atoms with Gasteiger partial charge in [0.1, 0.15) is 34.1 Å². The standard InChI is InChI=1S/C33H40O10/c1-17-20(4)28(22(6)29(39-9)25(17)32(34)35)43-33(36)26-18(2)19(3)27(21(5)30(26)40-10)41-15-12-16-42-31-23(37-7)13-11-14-24(31)38-8/h11,13-14H,12,15-16H2,1-10H3,(H,34,35). The van der Waals surface area contributed by atoms with Crippen LogP contribution in [0, 0.1) is 41.5 Å². The number of hydrogen-bond donors (Lipinski definition) is 1. The molecule has 3 rings (SSSR count). The van der Waals surface area contributed by atoms with E-state index in [4.69, 9.17) is 33.2 Å². The Bertz CT molecular complexity index is 1500. The van der Waals surface area contributed by atoms with Gasteiger partial charge in [0.25, 0.3) is 0 Å². The summed E-state index contributed by atoms with van der Waals surface area (Å²) in [7, 11) is 6.01. The van der Waals surface area contributed by atoms with E-state index in [0.717, 1.165) is 5.56 Å². The Labute approximate surface area is 252 Å². The Hall–Kier alpha value is -4.60. The van der Waals surface area contributed by atoms with E-state index in [-0.39, 0.29) is 22.6 Å². The molecule has 0 fully saturated rings. The van der Waals surface area contributed by atoms with E-state index in [1.54, 1.807) is 54.0 Å². The van der Waals surface area contributed by atoms with Gasteiger partial charge in [-0.25, -0.2) is 9.59 Å². The number of benzene rings is 3. The molecule has 1 N–H and O–H groups in total. The number of methoxy groups -OCH3 is 4. The van der Waals surface area contributed by atoms with E-state index in [1.165, 1.54) is 14.2 Å². The third-order valence-corrected chi connectivity index (χ3v) is 7.56. The number of aromatic carboxylic acids is 1. The van der Waals surface area contributed by atoms with Crippen LogP contribution >= 0.6 is 0 Å². The van der Waals surface area contributed by atoms with Crippen LogP contribution in [0.5, 0.6) is 40.2 Å². The molecule has 10 nitrogen and oxygen atoms in total. The van der Waals surface area contributed by atoms with Crippen molar-refractivity contribution in [2.75, 3.05) is 41.7 Å². The molecule has 0 bridgehead atoms. The lowest BCUT2D eigenvalue weighted by Gasteiger charge is -2.22. The van der Waals surface area contributed by atoms with E-state index in [2.05, 4.69) is 0 Å². The SMILES string of the molecule is COc1cccc(OC)c1OCCCOc1c(C)c(C)c(C(=O)Oc2c(C)c(C)c(C(=O)O)c(OC)c2C)c(OC)c1C. The summed E-state index contributed by atoms with van der Waals surface area (Å²) in [4.78, 5) is 25.6. The smallest absolute Gasteiger partial charge is 0.347 e. The lowest BCUT2D eigenvalue weighted by atomic mass is 9.96. The van der Waals surface area contributed by atoms with Crippen LogP contribution in [0.1, 0.15) is 60.5 Å². The maximum atomic E-state index is 13.7. The highest BCUT2D eigenvalue weighted by atomic mass is 16.5. The average Bonchev–Trinajstić information content (AvgIpc) is 2.99. The molecule has 0 saturated carbocycles. The van der Waals surface area contributed by atoms with Gasteiger partial charge in [0.05, 0.1) is 41.7 Å². The zero-order valence-corrected chi connectivity index (χ0v) is 26.5. The summed E-state index contributed by atoms with van der Waals surface area (Å²) in [6.45, 7) is 11.2. The van der Waals surface area contributed by atoms with E-state index < -0.39 is 11.9 Å². The molecule has 0 amide bonds. The third-order valence-electron chi connectivity index (χ3n) is 7.56. The predicted octanol–water partition coefficient (Wildman–Crippen LogP) is 6.34. The van der Waals surface area contributed by atoms with Crippen LogP contribution < -0.4 is 33.2 Å². The van der Waals surface area contributed by atoms with E-state index in [0.29, 0.717) is 76.2 Å². The van der Waals surface area contributed by atoms with Crippen LogP contribution in [-0.2, 0) is 0 Å². The summed E-state index contributed by atoms with van der Waals surface area (Å²) in [5.74, 6) is 1.25. The van der Waals surface area contributed by atoms with E-state index in [9.17, 15) is 14.7 Å². The van der Waals surface area contributed by atoms with Crippen LogP contribution in [0.4, 0.5) is 0 Å². The molecule has 0 aliphatic carbocycles. The number of ether oxygens (including phenoxy) is 7. The van der Waals surface area contributed by atoms with Crippen LogP contribution in [0.25, 0.3) is 0 Å². The minimum Gasteiger partial charge on any atom is -0.495 e. The van der Waals surface area contributed by atoms with Gasteiger partial charge in [-0.1, -0.05) is 6.07 Å². The normalized spacial score (nSPS) is 10.7. The maximum Gasteiger partial charge on any atom is 0.347 e. The Morgan fingerprint density at radius 2 is 1.05 bits per heavy atom. The molecule has 43 heavy (non-hydrogen) atoms. The molecule has 3 aromatic rings. The molecule has 0 atom stereocenters. The van der Waals surface area contributed by atoms with Crippen molar-refractivity contribution in [3.63, 3.8) is 0 Å². The molecule has 3 aromatic carbocycles. The molecule has 0 spiro atoms. The molecule has 0 unspecified atom stereocenters. The minimum atomic E-state index is -1.12. The number of rotatable bonds is 13. The second-order valence-electron chi connectivity index (χ2n) is 9.96. The largest absolute Gasteiger partial charge is 0.495 e. The molecular formula is C33H40O10. The molecule has 10 heteroatoms. The van der Waals surface area contributed by atoms with Crippen molar-refractivity contribution in [2.45, 2.75) is 48.0 Å². The van der Waals surface area contributed by atoms with Gasteiger partial charge in [0.2, 0.25) is 5.75 Å². The fraction of sp³-hybridized carbons (Fsp3) is 0.394. The van der Waals surface area contributed by atoms with Gasteiger partial charge in [-0.15, -0.1) is 0 Å². The second-order valence-corrected chi connectivity index (χ2v) is 9.96. The first-order valence-electron chi connectivity index (χ1n) is 13.7. The third kappa shape index (κ3) is 6.43. The zero-order valence-electron chi connectivity index (χ0n) is 26.5. The van der Waals surface area contributed by atoms with Gasteiger partial charge in [-0.05, 0) is 75.9 Å². The lowest BCUT2D eigenvalue weighted by Crippen LogP contribution is -2.17. The summed E-state index contributed by atoms with van der Waals surface area (Å²) < 4.78 is 39.9. The summed E-state index contributed by atoms with van der Waals surface area (Å²) in [6.07, 6.45) is 0.567. The number of esters is 1. The predicted molar refractivity (Wildman–Crippen MR) is 161 cm³/mol. The highest BCUT2D eigenvalue weighted by molar-refractivity contribution is 5.98. The summed E-state index contributed by atoms with van der Waals surface area (Å²) in [6, 6.07) is 5.42. The average molecular weight is 597 g/mol. The van der Waals surface area contributed by atoms with Gasteiger partial charge < -0.3 is 38.3 Å². The summed E-state index contributed by atoms with van der Waals surface area (Å²) >= 11 is 0. The molecule has 0 radical (unpaired) electrons. The van der Waals surface area contributed by atoms with Crippen LogP contribution in [0.2, 0.25) is 0 Å². The Balaban J connectivity index is 1.85. The molecule has 232 valence electrons. The first kappa shape index (κ1) is 32.9. The van der Waals surface area contributed by atoms with Gasteiger partial charge in [-0.3, -0.25) is 0 Å². The Kier molecular flexibility index (Phi) is 10.7. The van der Waals surface area contributed by atoms with Crippen LogP contribution in [-0.4, -0.2) is 58.7 Å². The second kappa shape index (κ2) is 14.0. The number of carbonyl (C=O) groups excluding carboxylic acids is 1. The zero-order chi connectivity index (χ0) is 32.0. The van der Waals surface area contributed by atoms with Crippen molar-refractivity contribution < 1.29 is 47.9 Å². The Morgan fingerprint density at radius 1 is 0.581 bits per heavy atom. The van der Waals surface area contributed by atoms with Crippen molar-refractivity contribution >= 4 is 11.9 Å². The van der Waals surface area contributed by atoms with Gasteiger partial charge in [0.15, 0.2) is 11.5 Å². The molecular weight excluding hydrogens is 556 g/mol. The number of hydrogen-bond acceptors (Lipinski definition) is 9. The van der Waals surface area contributed by atoms with Crippen LogP contribution in [0.3, 0.4) is 0 Å². The monoisotopic (exact) mass is 596 g/mol. The Morgan fingerprint density at radius 3 is 1.56 bits per heavy atom. The van der Waals surface area contributed by atoms with Gasteiger partial charge >= 0.3 is 11.9 Å². The maximum absolute atomic E-state index is 13.7. The van der Waals surface area contributed by atoms with Crippen LogP contribution in [0.15, 0.2) is 18.2 Å². The van der Waals surface area contributed by atoms with Crippen molar-refractivity contribution in [3.8, 4) is 40.2 Å². The molecule has 0 aliphatic heterocycles. The summed E-state index contributed by atoms with van der Waals surface area (Å²) in [5, 5.41) is 9.72. The number of carboxylic acid groups (broad SMARTS) is 1. The minimum absolute atomic E-state index is 0.0340. The van der Waals surface area contributed by atoms with Gasteiger partial charge in [0, 0.05) is 17.5 Å². The summed E-state index contributed by atoms with van der Waals surface area (Å²) in [5.41, 5.74) is 3.73. The first-order chi connectivity index (χ1) is 20.4. The van der Waals surface area contributed by atoms with Crippen molar-refractivity contribution in [3.05, 3.63) is 62.7 Å². The van der Waals surface area contributed by atoms with E-state index in [1.807, 2.05) is 19.9 Å². The fourth-order valence-electron chi connectivity index (χ4n) is 5.09. The van der Waals surface area contributed by atoms with Gasteiger partial charge in [-0.2, -0.15) is 0 Å². The highest BCUT2D eigenvalue weighted by Crippen LogP contribution is 2.42. The number of para-hydroxylation sites is 1. The number of carbonyl (C=O) groups is 2. The molecule has 0 heterocycles. The van der Waals surface area contributed by atoms with E-state index >= 15 is 0 Å². The quantitative estimate of drug-likeness (QED) is 0.136. The molecule has 0 aromatic heterocycles. The topological polar surface area (TPSA) is 119 Å². The highest BCUT2D eigenvalue weighted by Gasteiger charge is 2.29. The molecule has 0 aliphatic rings. The first-order valence-corrected chi connectivity index (χ1v) is 13.7. The lowest BCUT2D eigenvalue weighted by molar-refractivity contribution is 0.0692. The van der Waals surface area contributed by atoms with Crippen molar-refractivity contribution in [1.82, 2.24) is 0 Å².